The van der Waals surface area contributed by atoms with Crippen LogP contribution < -0.4 is 0 Å². The van der Waals surface area contributed by atoms with Gasteiger partial charge in [0.25, 0.3) is 0 Å². The van der Waals surface area contributed by atoms with Crippen LogP contribution in [0.5, 0.6) is 0 Å². The Labute approximate surface area is 80.5 Å². The summed E-state index contributed by atoms with van der Waals surface area (Å²) in [5.74, 6) is 0. The molecule has 0 heterocycles. The van der Waals surface area contributed by atoms with Crippen molar-refractivity contribution in [1.29, 1.82) is 0 Å². The van der Waals surface area contributed by atoms with Gasteiger partial charge in [0.1, 0.15) is 0 Å². The summed E-state index contributed by atoms with van der Waals surface area (Å²) in [4.78, 5) is 0. The van der Waals surface area contributed by atoms with Crippen molar-refractivity contribution in [3.8, 4) is 0 Å². The van der Waals surface area contributed by atoms with Crippen LogP contribution in [-0.2, 0) is 0 Å². The lowest BCUT2D eigenvalue weighted by Crippen LogP contribution is -1.90. The van der Waals surface area contributed by atoms with Gasteiger partial charge in [-0.3, -0.25) is 0 Å². The number of hydrogen-bond acceptors (Lipinski definition) is 1. The van der Waals surface area contributed by atoms with E-state index in [2.05, 4.69) is 12.2 Å². The molecule has 1 heteroatoms. The first-order valence-corrected chi connectivity index (χ1v) is 5.01. The first kappa shape index (κ1) is 10.3. The number of aliphatic hydroxyl groups excluding tert-OH is 1. The Morgan fingerprint density at radius 2 is 2.23 bits per heavy atom. The largest absolute Gasteiger partial charge is 0.389 e. The Hall–Kier alpha value is -0.820. The summed E-state index contributed by atoms with van der Waals surface area (Å²) in [6.45, 7) is 1.75. The highest BCUT2D eigenvalue weighted by Gasteiger charge is 1.98. The molecule has 1 N–H and O–H groups in total. The average molecular weight is 178 g/mol. The van der Waals surface area contributed by atoms with Crippen molar-refractivity contribution >= 4 is 0 Å². The minimum absolute atomic E-state index is 0.343. The molecule has 0 aromatic rings. The van der Waals surface area contributed by atoms with Crippen molar-refractivity contribution in [2.45, 2.75) is 38.7 Å². The lowest BCUT2D eigenvalue weighted by molar-refractivity contribution is 0.244. The SMILES string of the molecule is CC(O)/C=C/C=C/C1=CCCCC1. The Kier molecular flexibility index (Phi) is 4.55. The van der Waals surface area contributed by atoms with E-state index in [0.717, 1.165) is 0 Å². The van der Waals surface area contributed by atoms with Gasteiger partial charge in [0, 0.05) is 0 Å². The minimum atomic E-state index is -0.343. The molecule has 0 spiro atoms. The predicted octanol–water partition coefficient (Wildman–Crippen LogP) is 2.98. The van der Waals surface area contributed by atoms with Crippen LogP contribution in [0.4, 0.5) is 0 Å². The summed E-state index contributed by atoms with van der Waals surface area (Å²) in [6, 6.07) is 0. The molecule has 0 saturated heterocycles. The van der Waals surface area contributed by atoms with E-state index in [0.29, 0.717) is 0 Å². The number of rotatable bonds is 3. The Morgan fingerprint density at radius 3 is 2.85 bits per heavy atom. The molecule has 0 aromatic carbocycles. The van der Waals surface area contributed by atoms with Crippen molar-refractivity contribution in [3.05, 3.63) is 36.0 Å². The van der Waals surface area contributed by atoms with Crippen molar-refractivity contribution in [2.24, 2.45) is 0 Å². The summed E-state index contributed by atoms with van der Waals surface area (Å²) in [5, 5.41) is 8.95. The van der Waals surface area contributed by atoms with Crippen molar-refractivity contribution < 1.29 is 5.11 Å². The maximum atomic E-state index is 8.95. The van der Waals surface area contributed by atoms with Gasteiger partial charge in [0.15, 0.2) is 0 Å². The maximum Gasteiger partial charge on any atom is 0.0695 e. The third-order valence-electron chi connectivity index (χ3n) is 2.14. The van der Waals surface area contributed by atoms with Crippen molar-refractivity contribution in [1.82, 2.24) is 0 Å². The van der Waals surface area contributed by atoms with Crippen LogP contribution >= 0.6 is 0 Å². The topological polar surface area (TPSA) is 20.2 Å². The van der Waals surface area contributed by atoms with E-state index >= 15 is 0 Å². The summed E-state index contributed by atoms with van der Waals surface area (Å²) < 4.78 is 0. The van der Waals surface area contributed by atoms with Gasteiger partial charge in [-0.25, -0.2) is 0 Å². The lowest BCUT2D eigenvalue weighted by Gasteiger charge is -2.07. The van der Waals surface area contributed by atoms with E-state index in [4.69, 9.17) is 5.11 Å². The molecule has 0 bridgehead atoms. The molecule has 0 aromatic heterocycles. The second-order valence-electron chi connectivity index (χ2n) is 3.51. The molecule has 1 aliphatic rings. The van der Waals surface area contributed by atoms with Gasteiger partial charge in [-0.2, -0.15) is 0 Å². The molecular weight excluding hydrogens is 160 g/mol. The van der Waals surface area contributed by atoms with E-state index in [1.807, 2.05) is 12.2 Å². The van der Waals surface area contributed by atoms with Crippen LogP contribution in [0, 0.1) is 0 Å². The molecule has 1 aliphatic carbocycles. The minimum Gasteiger partial charge on any atom is -0.389 e. The lowest BCUT2D eigenvalue weighted by atomic mass is 9.99. The van der Waals surface area contributed by atoms with E-state index in [1.165, 1.54) is 31.3 Å². The van der Waals surface area contributed by atoms with Crippen molar-refractivity contribution in [2.75, 3.05) is 0 Å². The monoisotopic (exact) mass is 178 g/mol. The van der Waals surface area contributed by atoms with Gasteiger partial charge in [-0.05, 0) is 32.6 Å². The fourth-order valence-corrected chi connectivity index (χ4v) is 1.42. The molecule has 13 heavy (non-hydrogen) atoms. The standard InChI is InChI=1S/C12H18O/c1-11(13)7-5-6-10-12-8-3-2-4-9-12/h5-8,10-11,13H,2-4,9H2,1H3/b7-5+,10-6+. The summed E-state index contributed by atoms with van der Waals surface area (Å²) in [5.41, 5.74) is 1.43. The fraction of sp³-hybridized carbons (Fsp3) is 0.500. The molecule has 0 saturated carbocycles. The number of aliphatic hydroxyl groups is 1. The predicted molar refractivity (Wildman–Crippen MR) is 56.5 cm³/mol. The first-order chi connectivity index (χ1) is 6.29. The van der Waals surface area contributed by atoms with Gasteiger partial charge in [-0.1, -0.05) is 36.0 Å². The van der Waals surface area contributed by atoms with E-state index < -0.39 is 0 Å². The Bertz CT molecular complexity index is 221. The van der Waals surface area contributed by atoms with Crippen LogP contribution in [0.3, 0.4) is 0 Å². The van der Waals surface area contributed by atoms with Gasteiger partial charge in [0.2, 0.25) is 0 Å². The zero-order chi connectivity index (χ0) is 9.52. The second kappa shape index (κ2) is 5.76. The number of hydrogen-bond donors (Lipinski definition) is 1. The normalized spacial score (nSPS) is 20.9. The van der Waals surface area contributed by atoms with Crippen LogP contribution in [0.15, 0.2) is 36.0 Å². The summed E-state index contributed by atoms with van der Waals surface area (Å²) >= 11 is 0. The highest BCUT2D eigenvalue weighted by molar-refractivity contribution is 5.23. The first-order valence-electron chi connectivity index (χ1n) is 5.01. The van der Waals surface area contributed by atoms with Crippen LogP contribution in [-0.4, -0.2) is 11.2 Å². The smallest absolute Gasteiger partial charge is 0.0695 e. The van der Waals surface area contributed by atoms with E-state index in [1.54, 1.807) is 13.0 Å². The number of allylic oxidation sites excluding steroid dienone is 5. The summed E-state index contributed by atoms with van der Waals surface area (Å²) in [7, 11) is 0. The molecular formula is C12H18O. The van der Waals surface area contributed by atoms with E-state index in [9.17, 15) is 0 Å². The molecule has 1 rings (SSSR count). The molecule has 72 valence electrons. The zero-order valence-electron chi connectivity index (χ0n) is 8.24. The van der Waals surface area contributed by atoms with Gasteiger partial charge < -0.3 is 5.11 Å². The molecule has 0 fully saturated rings. The molecule has 1 unspecified atom stereocenters. The highest BCUT2D eigenvalue weighted by Crippen LogP contribution is 2.17. The third-order valence-corrected chi connectivity index (χ3v) is 2.14. The van der Waals surface area contributed by atoms with Crippen LogP contribution in [0.25, 0.3) is 0 Å². The highest BCUT2D eigenvalue weighted by atomic mass is 16.3. The Morgan fingerprint density at radius 1 is 1.38 bits per heavy atom. The van der Waals surface area contributed by atoms with Gasteiger partial charge in [-0.15, -0.1) is 0 Å². The third kappa shape index (κ3) is 4.69. The molecule has 1 nitrogen and oxygen atoms in total. The second-order valence-corrected chi connectivity index (χ2v) is 3.51. The molecule has 1 atom stereocenters. The average Bonchev–Trinajstić information content (AvgIpc) is 2.14. The van der Waals surface area contributed by atoms with Gasteiger partial charge >= 0.3 is 0 Å². The van der Waals surface area contributed by atoms with E-state index in [-0.39, 0.29) is 6.10 Å². The quantitative estimate of drug-likeness (QED) is 0.659. The molecule has 0 amide bonds. The van der Waals surface area contributed by atoms with Crippen molar-refractivity contribution in [3.63, 3.8) is 0 Å². The zero-order valence-corrected chi connectivity index (χ0v) is 8.24. The summed E-state index contributed by atoms with van der Waals surface area (Å²) in [6.07, 6.45) is 14.9. The maximum absolute atomic E-state index is 8.95. The molecule has 0 aliphatic heterocycles. The molecule has 0 radical (unpaired) electrons. The Balaban J connectivity index is 2.34. The van der Waals surface area contributed by atoms with Gasteiger partial charge in [0.05, 0.1) is 6.10 Å². The van der Waals surface area contributed by atoms with Crippen LogP contribution in [0.2, 0.25) is 0 Å². The fourth-order valence-electron chi connectivity index (χ4n) is 1.42. The van der Waals surface area contributed by atoms with Crippen LogP contribution in [0.1, 0.15) is 32.6 Å².